The van der Waals surface area contributed by atoms with E-state index in [1.807, 2.05) is 6.92 Å². The van der Waals surface area contributed by atoms with E-state index in [4.69, 9.17) is 15.6 Å². The van der Waals surface area contributed by atoms with Gasteiger partial charge in [-0.3, -0.25) is 0 Å². The minimum Gasteiger partial charge on any atom is -0.492 e. The minimum atomic E-state index is -0.956. The summed E-state index contributed by atoms with van der Waals surface area (Å²) in [6.45, 7) is 2.66. The van der Waals surface area contributed by atoms with Gasteiger partial charge in [0.1, 0.15) is 12.4 Å². The average Bonchev–Trinajstić information content (AvgIpc) is 2.16. The first-order chi connectivity index (χ1) is 6.65. The molecule has 0 fully saturated rings. The number of carbonyl (C=O) groups is 1. The molecule has 0 saturated heterocycles. The van der Waals surface area contributed by atoms with E-state index in [2.05, 4.69) is 0 Å². The number of hydrogen-bond donors (Lipinski definition) is 2. The van der Waals surface area contributed by atoms with Crippen LogP contribution < -0.4 is 10.5 Å². The molecule has 1 aromatic rings. The van der Waals surface area contributed by atoms with Gasteiger partial charge in [0, 0.05) is 6.54 Å². The lowest BCUT2D eigenvalue weighted by molar-refractivity contribution is 0.0696. The molecule has 0 heterocycles. The predicted octanol–water partition coefficient (Wildman–Crippen LogP) is 1.45. The van der Waals surface area contributed by atoms with Crippen LogP contribution in [0, 0.1) is 6.92 Å². The maximum atomic E-state index is 10.7. The standard InChI is InChI=1S/C10H13NO3.ClH/c1-7-2-3-8(10(12)13)6-9(7)14-5-4-11;/h2-3,6H,4-5,11H2,1H3,(H,12,13);1H. The van der Waals surface area contributed by atoms with Crippen LogP contribution in [-0.4, -0.2) is 24.2 Å². The zero-order valence-corrected chi connectivity index (χ0v) is 9.21. The van der Waals surface area contributed by atoms with Gasteiger partial charge in [-0.2, -0.15) is 0 Å². The highest BCUT2D eigenvalue weighted by Crippen LogP contribution is 2.19. The Bertz CT molecular complexity index is 341. The molecule has 1 aromatic carbocycles. The quantitative estimate of drug-likeness (QED) is 0.823. The van der Waals surface area contributed by atoms with Gasteiger partial charge in [0.2, 0.25) is 0 Å². The van der Waals surface area contributed by atoms with Gasteiger partial charge in [0.05, 0.1) is 5.56 Å². The van der Waals surface area contributed by atoms with E-state index < -0.39 is 5.97 Å². The van der Waals surface area contributed by atoms with Crippen molar-refractivity contribution in [3.63, 3.8) is 0 Å². The molecule has 15 heavy (non-hydrogen) atoms. The highest BCUT2D eigenvalue weighted by Gasteiger charge is 2.06. The molecule has 84 valence electrons. The van der Waals surface area contributed by atoms with Crippen LogP contribution in [0.25, 0.3) is 0 Å². The lowest BCUT2D eigenvalue weighted by Crippen LogP contribution is -2.11. The van der Waals surface area contributed by atoms with Crippen molar-refractivity contribution in [2.24, 2.45) is 5.73 Å². The van der Waals surface area contributed by atoms with Crippen LogP contribution in [0.1, 0.15) is 15.9 Å². The molecule has 0 atom stereocenters. The molecule has 0 aliphatic heterocycles. The second kappa shape index (κ2) is 6.27. The van der Waals surface area contributed by atoms with Gasteiger partial charge in [-0.1, -0.05) is 6.07 Å². The highest BCUT2D eigenvalue weighted by atomic mass is 35.5. The Labute approximate surface area is 94.5 Å². The Balaban J connectivity index is 0.00000196. The molecule has 3 N–H and O–H groups in total. The van der Waals surface area contributed by atoms with Crippen LogP contribution >= 0.6 is 12.4 Å². The van der Waals surface area contributed by atoms with Gasteiger partial charge in [-0.25, -0.2) is 4.79 Å². The number of aromatic carboxylic acids is 1. The summed E-state index contributed by atoms with van der Waals surface area (Å²) in [6, 6.07) is 4.77. The second-order valence-corrected chi connectivity index (χ2v) is 2.92. The molecular weight excluding hydrogens is 218 g/mol. The number of hydrogen-bond acceptors (Lipinski definition) is 3. The number of nitrogens with two attached hydrogens (primary N) is 1. The summed E-state index contributed by atoms with van der Waals surface area (Å²) < 4.78 is 5.29. The number of carboxylic acids is 1. The van der Waals surface area contributed by atoms with E-state index in [1.165, 1.54) is 6.07 Å². The Hall–Kier alpha value is -1.26. The highest BCUT2D eigenvalue weighted by molar-refractivity contribution is 5.88. The topological polar surface area (TPSA) is 72.5 Å². The molecule has 0 saturated carbocycles. The fraction of sp³-hybridized carbons (Fsp3) is 0.300. The van der Waals surface area contributed by atoms with Crippen LogP contribution in [0.5, 0.6) is 5.75 Å². The van der Waals surface area contributed by atoms with Crippen molar-refractivity contribution in [3.05, 3.63) is 29.3 Å². The first-order valence-corrected chi connectivity index (χ1v) is 4.32. The van der Waals surface area contributed by atoms with Crippen molar-refractivity contribution in [2.75, 3.05) is 13.2 Å². The van der Waals surface area contributed by atoms with E-state index in [0.29, 0.717) is 18.9 Å². The predicted molar refractivity (Wildman–Crippen MR) is 59.9 cm³/mol. The van der Waals surface area contributed by atoms with Crippen LogP contribution in [0.2, 0.25) is 0 Å². The number of benzene rings is 1. The Kier molecular flexibility index (Phi) is 5.74. The summed E-state index contributed by atoms with van der Waals surface area (Å²) in [5, 5.41) is 8.75. The number of aryl methyl sites for hydroxylation is 1. The van der Waals surface area contributed by atoms with E-state index in [0.717, 1.165) is 5.56 Å². The maximum Gasteiger partial charge on any atom is 0.335 e. The van der Waals surface area contributed by atoms with Crippen LogP contribution in [0.4, 0.5) is 0 Å². The summed E-state index contributed by atoms with van der Waals surface area (Å²) in [7, 11) is 0. The molecule has 0 aliphatic carbocycles. The van der Waals surface area contributed by atoms with Gasteiger partial charge in [0.25, 0.3) is 0 Å². The van der Waals surface area contributed by atoms with E-state index in [1.54, 1.807) is 12.1 Å². The average molecular weight is 232 g/mol. The molecule has 0 aromatic heterocycles. The van der Waals surface area contributed by atoms with Crippen molar-refractivity contribution in [1.82, 2.24) is 0 Å². The molecular formula is C10H14ClNO3. The Morgan fingerprint density at radius 1 is 1.53 bits per heavy atom. The fourth-order valence-electron chi connectivity index (χ4n) is 1.06. The van der Waals surface area contributed by atoms with E-state index >= 15 is 0 Å². The van der Waals surface area contributed by atoms with Crippen molar-refractivity contribution in [1.29, 1.82) is 0 Å². The molecule has 0 unspecified atom stereocenters. The second-order valence-electron chi connectivity index (χ2n) is 2.92. The molecule has 0 spiro atoms. The van der Waals surface area contributed by atoms with Gasteiger partial charge in [-0.15, -0.1) is 12.4 Å². The molecule has 1 rings (SSSR count). The molecule has 5 heteroatoms. The number of ether oxygens (including phenoxy) is 1. The van der Waals surface area contributed by atoms with Gasteiger partial charge in [0.15, 0.2) is 0 Å². The number of rotatable bonds is 4. The van der Waals surface area contributed by atoms with E-state index in [9.17, 15) is 4.79 Å². The van der Waals surface area contributed by atoms with Crippen molar-refractivity contribution >= 4 is 18.4 Å². The number of carboxylic acid groups (broad SMARTS) is 1. The summed E-state index contributed by atoms with van der Waals surface area (Å²) in [5.74, 6) is -0.377. The zero-order chi connectivity index (χ0) is 10.6. The summed E-state index contributed by atoms with van der Waals surface area (Å²) in [5.41, 5.74) is 6.41. The first-order valence-electron chi connectivity index (χ1n) is 4.32. The van der Waals surface area contributed by atoms with Gasteiger partial charge >= 0.3 is 5.97 Å². The third kappa shape index (κ3) is 3.77. The molecule has 4 nitrogen and oxygen atoms in total. The van der Waals surface area contributed by atoms with Gasteiger partial charge in [-0.05, 0) is 24.6 Å². The normalized spacial score (nSPS) is 9.20. The van der Waals surface area contributed by atoms with Crippen molar-refractivity contribution < 1.29 is 14.6 Å². The largest absolute Gasteiger partial charge is 0.492 e. The van der Waals surface area contributed by atoms with Crippen molar-refractivity contribution in [2.45, 2.75) is 6.92 Å². The van der Waals surface area contributed by atoms with E-state index in [-0.39, 0.29) is 18.0 Å². The van der Waals surface area contributed by atoms with Crippen molar-refractivity contribution in [3.8, 4) is 5.75 Å². The first kappa shape index (κ1) is 13.7. The third-order valence-electron chi connectivity index (χ3n) is 1.81. The van der Waals surface area contributed by atoms with Crippen LogP contribution in [0.3, 0.4) is 0 Å². The summed E-state index contributed by atoms with van der Waals surface area (Å²) in [4.78, 5) is 10.7. The van der Waals surface area contributed by atoms with Crippen LogP contribution in [-0.2, 0) is 0 Å². The molecule has 0 radical (unpaired) electrons. The van der Waals surface area contributed by atoms with Gasteiger partial charge < -0.3 is 15.6 Å². The third-order valence-corrected chi connectivity index (χ3v) is 1.81. The number of halogens is 1. The smallest absolute Gasteiger partial charge is 0.335 e. The molecule has 0 amide bonds. The SMILES string of the molecule is Cc1ccc(C(=O)O)cc1OCCN.Cl. The monoisotopic (exact) mass is 231 g/mol. The minimum absolute atomic E-state index is 0. The Morgan fingerprint density at radius 2 is 2.20 bits per heavy atom. The molecule has 0 bridgehead atoms. The molecule has 0 aliphatic rings. The Morgan fingerprint density at radius 3 is 2.73 bits per heavy atom. The van der Waals surface area contributed by atoms with Crippen LogP contribution in [0.15, 0.2) is 18.2 Å². The fourth-order valence-corrected chi connectivity index (χ4v) is 1.06. The maximum absolute atomic E-state index is 10.7. The lowest BCUT2D eigenvalue weighted by Gasteiger charge is -2.08. The lowest BCUT2D eigenvalue weighted by atomic mass is 10.1. The summed E-state index contributed by atoms with van der Waals surface area (Å²) >= 11 is 0. The summed E-state index contributed by atoms with van der Waals surface area (Å²) in [6.07, 6.45) is 0. The zero-order valence-electron chi connectivity index (χ0n) is 8.40.